The summed E-state index contributed by atoms with van der Waals surface area (Å²) in [6, 6.07) is 2.61. The van der Waals surface area contributed by atoms with Gasteiger partial charge in [-0.25, -0.2) is 0 Å². The average Bonchev–Trinajstić information content (AvgIpc) is 2.87. The Morgan fingerprint density at radius 3 is 2.81 bits per heavy atom. The Morgan fingerprint density at radius 2 is 2.12 bits per heavy atom. The third-order valence-corrected chi connectivity index (χ3v) is 3.10. The first kappa shape index (κ1) is 11.7. The quantitative estimate of drug-likeness (QED) is 0.829. The number of furan rings is 1. The summed E-state index contributed by atoms with van der Waals surface area (Å²) < 4.78 is 5.54. The van der Waals surface area contributed by atoms with E-state index in [4.69, 9.17) is 4.42 Å². The molecule has 0 aliphatic carbocycles. The maximum absolute atomic E-state index is 5.54. The van der Waals surface area contributed by atoms with Crippen LogP contribution in [0.25, 0.3) is 0 Å². The van der Waals surface area contributed by atoms with E-state index in [0.29, 0.717) is 6.04 Å². The Kier molecular flexibility index (Phi) is 4.02. The molecule has 1 saturated heterocycles. The molecule has 3 nitrogen and oxygen atoms in total. The summed E-state index contributed by atoms with van der Waals surface area (Å²) in [4.78, 5) is 2.50. The fourth-order valence-corrected chi connectivity index (χ4v) is 2.14. The van der Waals surface area contributed by atoms with E-state index in [9.17, 15) is 0 Å². The normalized spacial score (nSPS) is 17.4. The van der Waals surface area contributed by atoms with Crippen molar-refractivity contribution in [2.45, 2.75) is 45.8 Å². The highest BCUT2D eigenvalue weighted by Crippen LogP contribution is 2.17. The van der Waals surface area contributed by atoms with Gasteiger partial charge in [-0.05, 0) is 32.0 Å². The lowest BCUT2D eigenvalue weighted by Gasteiger charge is -2.14. The summed E-state index contributed by atoms with van der Waals surface area (Å²) in [5.74, 6) is 1.10. The predicted molar refractivity (Wildman–Crippen MR) is 65.2 cm³/mol. The molecule has 0 aromatic carbocycles. The minimum atomic E-state index is 0.504. The minimum Gasteiger partial charge on any atom is -0.468 e. The molecule has 0 spiro atoms. The van der Waals surface area contributed by atoms with Crippen LogP contribution in [0.15, 0.2) is 16.7 Å². The number of rotatable bonds is 5. The first-order valence-corrected chi connectivity index (χ1v) is 6.26. The highest BCUT2D eigenvalue weighted by atomic mass is 16.3. The van der Waals surface area contributed by atoms with Crippen LogP contribution < -0.4 is 5.32 Å². The van der Waals surface area contributed by atoms with Gasteiger partial charge in [0.25, 0.3) is 0 Å². The van der Waals surface area contributed by atoms with Crippen LogP contribution in [0, 0.1) is 0 Å². The summed E-state index contributed by atoms with van der Waals surface area (Å²) in [7, 11) is 0. The molecule has 1 fully saturated rings. The van der Waals surface area contributed by atoms with Gasteiger partial charge in [0.1, 0.15) is 5.76 Å². The summed E-state index contributed by atoms with van der Waals surface area (Å²) in [5, 5.41) is 3.40. The van der Waals surface area contributed by atoms with Crippen molar-refractivity contribution >= 4 is 0 Å². The highest BCUT2D eigenvalue weighted by Gasteiger charge is 2.15. The molecule has 0 bridgehead atoms. The number of likely N-dealkylation sites (tertiary alicyclic amines) is 1. The van der Waals surface area contributed by atoms with Crippen molar-refractivity contribution in [3.8, 4) is 0 Å². The maximum atomic E-state index is 5.54. The number of nitrogens with one attached hydrogen (secondary N) is 1. The van der Waals surface area contributed by atoms with Crippen molar-refractivity contribution in [1.82, 2.24) is 10.2 Å². The molecule has 3 heteroatoms. The van der Waals surface area contributed by atoms with Crippen molar-refractivity contribution in [3.63, 3.8) is 0 Å². The molecule has 0 amide bonds. The first-order chi connectivity index (χ1) is 7.75. The van der Waals surface area contributed by atoms with Crippen LogP contribution in [-0.4, -0.2) is 24.0 Å². The fraction of sp³-hybridized carbons (Fsp3) is 0.692. The van der Waals surface area contributed by atoms with Gasteiger partial charge in [0, 0.05) is 18.2 Å². The van der Waals surface area contributed by atoms with E-state index < -0.39 is 0 Å². The Balaban J connectivity index is 1.90. The van der Waals surface area contributed by atoms with Gasteiger partial charge in [0.2, 0.25) is 0 Å². The predicted octanol–water partition coefficient (Wildman–Crippen LogP) is 2.37. The van der Waals surface area contributed by atoms with Crippen LogP contribution in [0.4, 0.5) is 0 Å². The molecular formula is C13H22N2O. The van der Waals surface area contributed by atoms with E-state index in [-0.39, 0.29) is 0 Å². The van der Waals surface area contributed by atoms with Gasteiger partial charge in [-0.3, -0.25) is 4.90 Å². The number of hydrogen-bond acceptors (Lipinski definition) is 3. The molecular weight excluding hydrogens is 200 g/mol. The largest absolute Gasteiger partial charge is 0.468 e. The van der Waals surface area contributed by atoms with E-state index in [1.165, 1.54) is 31.5 Å². The van der Waals surface area contributed by atoms with Crippen molar-refractivity contribution in [1.29, 1.82) is 0 Å². The lowest BCUT2D eigenvalue weighted by molar-refractivity contribution is 0.326. The molecule has 1 aliphatic rings. The van der Waals surface area contributed by atoms with Gasteiger partial charge in [0.15, 0.2) is 0 Å². The van der Waals surface area contributed by atoms with E-state index in [1.54, 1.807) is 0 Å². The molecule has 16 heavy (non-hydrogen) atoms. The van der Waals surface area contributed by atoms with Crippen LogP contribution in [0.3, 0.4) is 0 Å². The zero-order valence-electron chi connectivity index (χ0n) is 10.3. The Labute approximate surface area is 97.8 Å². The van der Waals surface area contributed by atoms with Crippen LogP contribution in [0.5, 0.6) is 0 Å². The van der Waals surface area contributed by atoms with Crippen LogP contribution in [-0.2, 0) is 13.1 Å². The summed E-state index contributed by atoms with van der Waals surface area (Å²) >= 11 is 0. The van der Waals surface area contributed by atoms with Crippen LogP contribution in [0.2, 0.25) is 0 Å². The molecule has 0 radical (unpaired) electrons. The van der Waals surface area contributed by atoms with Gasteiger partial charge in [-0.2, -0.15) is 0 Å². The fourth-order valence-electron chi connectivity index (χ4n) is 2.14. The smallest absolute Gasteiger partial charge is 0.122 e. The summed E-state index contributed by atoms with van der Waals surface area (Å²) in [6.07, 6.45) is 4.50. The molecule has 0 saturated carbocycles. The summed E-state index contributed by atoms with van der Waals surface area (Å²) in [6.45, 7) is 8.68. The van der Waals surface area contributed by atoms with E-state index in [0.717, 1.165) is 18.8 Å². The lowest BCUT2D eigenvalue weighted by atomic mass is 10.2. The molecule has 0 unspecified atom stereocenters. The number of nitrogens with zero attached hydrogens (tertiary/aromatic N) is 1. The van der Waals surface area contributed by atoms with Gasteiger partial charge in [-0.15, -0.1) is 0 Å². The van der Waals surface area contributed by atoms with Crippen LogP contribution in [0.1, 0.15) is 38.0 Å². The average molecular weight is 222 g/mol. The zero-order valence-corrected chi connectivity index (χ0v) is 10.3. The van der Waals surface area contributed by atoms with Crippen molar-refractivity contribution < 1.29 is 4.42 Å². The maximum Gasteiger partial charge on any atom is 0.122 e. The highest BCUT2D eigenvalue weighted by molar-refractivity contribution is 5.17. The molecule has 2 heterocycles. The van der Waals surface area contributed by atoms with E-state index in [2.05, 4.69) is 30.1 Å². The first-order valence-electron chi connectivity index (χ1n) is 6.26. The molecule has 1 N–H and O–H groups in total. The topological polar surface area (TPSA) is 28.4 Å². The molecule has 1 aromatic rings. The van der Waals surface area contributed by atoms with Gasteiger partial charge < -0.3 is 9.73 Å². The van der Waals surface area contributed by atoms with Crippen molar-refractivity contribution in [3.05, 3.63) is 23.7 Å². The van der Waals surface area contributed by atoms with E-state index in [1.807, 2.05) is 6.26 Å². The molecule has 1 aliphatic heterocycles. The second-order valence-electron chi connectivity index (χ2n) is 4.89. The molecule has 0 atom stereocenters. The third kappa shape index (κ3) is 3.09. The third-order valence-electron chi connectivity index (χ3n) is 3.10. The van der Waals surface area contributed by atoms with Gasteiger partial charge in [0.05, 0.1) is 12.8 Å². The van der Waals surface area contributed by atoms with E-state index >= 15 is 0 Å². The molecule has 90 valence electrons. The Bertz CT molecular complexity index is 313. The Hall–Kier alpha value is -0.800. The Morgan fingerprint density at radius 1 is 1.38 bits per heavy atom. The van der Waals surface area contributed by atoms with Gasteiger partial charge in [-0.1, -0.05) is 13.8 Å². The van der Waals surface area contributed by atoms with Crippen LogP contribution >= 0.6 is 0 Å². The zero-order chi connectivity index (χ0) is 11.4. The lowest BCUT2D eigenvalue weighted by Crippen LogP contribution is -2.23. The van der Waals surface area contributed by atoms with Crippen molar-refractivity contribution in [2.75, 3.05) is 13.1 Å². The SMILES string of the molecule is CC(C)NCc1occc1CN1CCCC1. The molecule has 1 aromatic heterocycles. The second-order valence-corrected chi connectivity index (χ2v) is 4.89. The second kappa shape index (κ2) is 5.51. The molecule has 2 rings (SSSR count). The van der Waals surface area contributed by atoms with Gasteiger partial charge >= 0.3 is 0 Å². The number of hydrogen-bond donors (Lipinski definition) is 1. The standard InChI is InChI=1S/C13H22N2O/c1-11(2)14-9-13-12(5-8-16-13)10-15-6-3-4-7-15/h5,8,11,14H,3-4,6-7,9-10H2,1-2H3. The minimum absolute atomic E-state index is 0.504. The summed E-state index contributed by atoms with van der Waals surface area (Å²) in [5.41, 5.74) is 1.34. The van der Waals surface area contributed by atoms with Crippen molar-refractivity contribution in [2.24, 2.45) is 0 Å². The monoisotopic (exact) mass is 222 g/mol.